The van der Waals surface area contributed by atoms with Gasteiger partial charge in [0.2, 0.25) is 15.9 Å². The lowest BCUT2D eigenvalue weighted by Gasteiger charge is -2.30. The predicted octanol–water partition coefficient (Wildman–Crippen LogP) is 5.28. The van der Waals surface area contributed by atoms with E-state index in [9.17, 15) is 48.7 Å². The summed E-state index contributed by atoms with van der Waals surface area (Å²) in [6.07, 6.45) is -12.6. The van der Waals surface area contributed by atoms with Crippen LogP contribution in [0.25, 0.3) is 0 Å². The molecule has 7 nitrogen and oxygen atoms in total. The second-order valence-corrected chi connectivity index (χ2v) is 11.5. The zero-order valence-corrected chi connectivity index (χ0v) is 23.5. The largest absolute Gasteiger partial charge is 0.435 e. The maximum Gasteiger partial charge on any atom is 0.435 e. The minimum absolute atomic E-state index is 0.145. The van der Waals surface area contributed by atoms with Crippen LogP contribution in [-0.4, -0.2) is 44.9 Å². The molecule has 0 radical (unpaired) electrons. The first-order valence-electron chi connectivity index (χ1n) is 11.0. The van der Waals surface area contributed by atoms with Gasteiger partial charge in [-0.05, 0) is 58.7 Å². The molecule has 0 aliphatic carbocycles. The van der Waals surface area contributed by atoms with Crippen molar-refractivity contribution in [3.05, 3.63) is 61.7 Å². The summed E-state index contributed by atoms with van der Waals surface area (Å²) in [5.41, 5.74) is -2.82. The number of nitrogens with one attached hydrogen (secondary N) is 2. The van der Waals surface area contributed by atoms with Crippen molar-refractivity contribution in [1.82, 2.24) is 4.72 Å². The van der Waals surface area contributed by atoms with Gasteiger partial charge in [0.1, 0.15) is 0 Å². The van der Waals surface area contributed by atoms with Crippen LogP contribution in [0.4, 0.5) is 36.4 Å². The van der Waals surface area contributed by atoms with E-state index < -0.39 is 51.3 Å². The highest BCUT2D eigenvalue weighted by Crippen LogP contribution is 2.53. The first-order valence-corrected chi connectivity index (χ1v) is 13.7. The van der Waals surface area contributed by atoms with Gasteiger partial charge in [-0.25, -0.2) is 17.5 Å². The van der Waals surface area contributed by atoms with Crippen LogP contribution in [0.2, 0.25) is 0 Å². The molecule has 0 bridgehead atoms. The Bertz CT molecular complexity index is 1360. The van der Waals surface area contributed by atoms with E-state index in [4.69, 9.17) is 5.73 Å². The summed E-state index contributed by atoms with van der Waals surface area (Å²) >= 11 is 1.70. The number of halogens is 8. The lowest BCUT2D eigenvalue weighted by Crippen LogP contribution is -2.50. The lowest BCUT2D eigenvalue weighted by molar-refractivity contribution is -0.348. The Morgan fingerprint density at radius 3 is 2.05 bits per heavy atom. The molecule has 0 heterocycles. The monoisotopic (exact) mass is 697 g/mol. The van der Waals surface area contributed by atoms with Crippen LogP contribution in [0.3, 0.4) is 0 Å². The summed E-state index contributed by atoms with van der Waals surface area (Å²) in [7, 11) is -3.68. The van der Waals surface area contributed by atoms with Crippen molar-refractivity contribution in [2.45, 2.75) is 44.7 Å². The fourth-order valence-corrected chi connectivity index (χ4v) is 6.43. The first kappa shape index (κ1) is 32.7. The fraction of sp³-hybridized carbons (Fsp3) is 0.391. The second kappa shape index (κ2) is 11.6. The second-order valence-electron chi connectivity index (χ2n) is 8.57. The number of sulfonamides is 1. The molecular weight excluding hydrogens is 674 g/mol. The van der Waals surface area contributed by atoms with Crippen molar-refractivity contribution in [2.24, 2.45) is 5.73 Å². The topological polar surface area (TPSA) is 118 Å². The molecule has 1 atom stereocenters. The zero-order valence-electron chi connectivity index (χ0n) is 20.5. The normalized spacial score (nSPS) is 13.7. The average molecular weight is 697 g/mol. The van der Waals surface area contributed by atoms with Gasteiger partial charge in [0.25, 0.3) is 5.91 Å². The van der Waals surface area contributed by atoms with E-state index in [0.717, 1.165) is 6.92 Å². The Hall–Kier alpha value is -2.47. The van der Waals surface area contributed by atoms with Crippen molar-refractivity contribution >= 4 is 50.1 Å². The molecule has 2 rings (SSSR count). The number of nitrogens with two attached hydrogens (primary N) is 1. The van der Waals surface area contributed by atoms with Crippen molar-refractivity contribution in [2.75, 3.05) is 17.6 Å². The highest BCUT2D eigenvalue weighted by molar-refractivity contribution is 14.1. The Labute approximate surface area is 232 Å². The van der Waals surface area contributed by atoms with Crippen LogP contribution in [0, 0.1) is 10.5 Å². The number of primary amides is 1. The minimum atomic E-state index is -6.31. The highest BCUT2D eigenvalue weighted by atomic mass is 127. The van der Waals surface area contributed by atoms with E-state index >= 15 is 0 Å². The minimum Gasteiger partial charge on any atom is -0.366 e. The first-order chi connectivity index (χ1) is 17.7. The Kier molecular flexibility index (Phi) is 9.71. The molecule has 1 unspecified atom stereocenters. The van der Waals surface area contributed by atoms with Gasteiger partial charge >= 0.3 is 18.0 Å². The van der Waals surface area contributed by atoms with E-state index in [1.165, 1.54) is 12.1 Å². The van der Waals surface area contributed by atoms with Gasteiger partial charge in [0.15, 0.2) is 0 Å². The molecule has 216 valence electrons. The van der Waals surface area contributed by atoms with Crippen LogP contribution in [0.15, 0.2) is 30.3 Å². The molecule has 39 heavy (non-hydrogen) atoms. The summed E-state index contributed by atoms with van der Waals surface area (Å²) in [4.78, 5) is 25.2. The number of hydrogen-bond donors (Lipinski definition) is 3. The smallest absolute Gasteiger partial charge is 0.366 e. The lowest BCUT2D eigenvalue weighted by atomic mass is 9.92. The summed E-state index contributed by atoms with van der Waals surface area (Å²) in [6.45, 7) is 4.35. The molecule has 4 N–H and O–H groups in total. The molecule has 0 fully saturated rings. The number of aryl methyl sites for hydroxylation is 1. The van der Waals surface area contributed by atoms with Crippen molar-refractivity contribution in [3.63, 3.8) is 0 Å². The van der Waals surface area contributed by atoms with Crippen molar-refractivity contribution in [3.8, 4) is 0 Å². The summed E-state index contributed by atoms with van der Waals surface area (Å²) in [5.74, 6) is -3.07. The molecule has 0 saturated heterocycles. The van der Waals surface area contributed by atoms with Gasteiger partial charge in [-0.3, -0.25) is 9.59 Å². The van der Waals surface area contributed by atoms with Crippen LogP contribution >= 0.6 is 22.6 Å². The Morgan fingerprint density at radius 1 is 1.03 bits per heavy atom. The van der Waals surface area contributed by atoms with E-state index in [1.807, 2.05) is 0 Å². The molecular formula is C23H23F7IN3O4S. The standard InChI is InChI=1S/C23H23F7IN3O4S/c1-4-33-39(37,38)10-12(3)14-6-7-15(19(32)35)17(18(14)31)20(36)34-16-8-5-13(9-11(16)2)21(24,22(25,26)27)23(28,29)30/h5-9,12,33H,4,10H2,1-3H3,(H2,32,35)(H,34,36). The number of benzene rings is 2. The fourth-order valence-electron chi connectivity index (χ4n) is 3.79. The van der Waals surface area contributed by atoms with E-state index in [0.29, 0.717) is 17.7 Å². The maximum absolute atomic E-state index is 14.4. The van der Waals surface area contributed by atoms with E-state index in [1.54, 1.807) is 36.4 Å². The molecule has 16 heteroatoms. The summed E-state index contributed by atoms with van der Waals surface area (Å²) in [5, 5.41) is 2.29. The molecule has 2 aromatic rings. The van der Waals surface area contributed by atoms with Crippen molar-refractivity contribution < 1.29 is 48.7 Å². The summed E-state index contributed by atoms with van der Waals surface area (Å²) in [6, 6.07) is 3.83. The Morgan fingerprint density at radius 2 is 1.59 bits per heavy atom. The number of amides is 2. The molecule has 2 aromatic carbocycles. The maximum atomic E-state index is 14.4. The third-order valence-corrected chi connectivity index (χ3v) is 8.51. The quantitative estimate of drug-likeness (QED) is 0.244. The van der Waals surface area contributed by atoms with Gasteiger partial charge in [-0.15, -0.1) is 0 Å². The van der Waals surface area contributed by atoms with Crippen molar-refractivity contribution in [1.29, 1.82) is 0 Å². The molecule has 0 saturated carbocycles. The number of carbonyl (C=O) groups excluding carboxylic acids is 2. The third-order valence-electron chi connectivity index (χ3n) is 5.68. The van der Waals surface area contributed by atoms with Gasteiger partial charge in [-0.2, -0.15) is 26.3 Å². The SMILES string of the molecule is CCNS(=O)(=O)CC(C)c1ccc(C(N)=O)c(C(=O)Nc2ccc(C(F)(C(F)(F)F)C(F)(F)F)cc2C)c1I. The average Bonchev–Trinajstić information content (AvgIpc) is 2.77. The number of anilines is 1. The highest BCUT2D eigenvalue weighted by Gasteiger charge is 2.73. The zero-order chi connectivity index (χ0) is 30.1. The van der Waals surface area contributed by atoms with Gasteiger partial charge in [0.05, 0.1) is 16.9 Å². The van der Waals surface area contributed by atoms with Gasteiger partial charge in [-0.1, -0.05) is 32.0 Å². The number of alkyl halides is 7. The van der Waals surface area contributed by atoms with E-state index in [-0.39, 0.29) is 44.3 Å². The van der Waals surface area contributed by atoms with Crippen LogP contribution in [0.1, 0.15) is 57.2 Å². The van der Waals surface area contributed by atoms with E-state index in [2.05, 4.69) is 10.0 Å². The summed E-state index contributed by atoms with van der Waals surface area (Å²) < 4.78 is 120. The van der Waals surface area contributed by atoms with Crippen LogP contribution in [0.5, 0.6) is 0 Å². The molecule has 0 aromatic heterocycles. The molecule has 0 spiro atoms. The third kappa shape index (κ3) is 6.82. The Balaban J connectivity index is 2.54. The van der Waals surface area contributed by atoms with Gasteiger partial charge < -0.3 is 11.1 Å². The number of rotatable bonds is 9. The number of carbonyl (C=O) groups is 2. The van der Waals surface area contributed by atoms with Gasteiger partial charge in [0, 0.05) is 21.4 Å². The predicted molar refractivity (Wildman–Crippen MR) is 138 cm³/mol. The molecule has 2 amide bonds. The molecule has 0 aliphatic heterocycles. The molecule has 0 aliphatic rings. The number of hydrogen-bond acceptors (Lipinski definition) is 4. The van der Waals surface area contributed by atoms with Crippen LogP contribution < -0.4 is 15.8 Å². The van der Waals surface area contributed by atoms with Crippen LogP contribution in [-0.2, 0) is 15.7 Å².